The Balaban J connectivity index is 2.15. The highest BCUT2D eigenvalue weighted by Crippen LogP contribution is 2.43. The summed E-state index contributed by atoms with van der Waals surface area (Å²) in [4.78, 5) is 28.2. The number of carbonyl (C=O) groups excluding carboxylic acids is 2. The third kappa shape index (κ3) is 6.42. The van der Waals surface area contributed by atoms with Gasteiger partial charge in [0.1, 0.15) is 0 Å². The summed E-state index contributed by atoms with van der Waals surface area (Å²) in [6, 6.07) is 8.74. The van der Waals surface area contributed by atoms with Crippen LogP contribution in [0.1, 0.15) is 37.8 Å². The quantitative estimate of drug-likeness (QED) is 0.360. The normalized spacial score (nSPS) is 13.4. The smallest absolute Gasteiger partial charge is 0.336 e. The van der Waals surface area contributed by atoms with E-state index in [1.807, 2.05) is 12.1 Å². The molecular weight excluding hydrogens is 558 g/mol. The Morgan fingerprint density at radius 1 is 0.868 bits per heavy atom. The molecule has 0 saturated carbocycles. The molecule has 0 fully saturated rings. The Morgan fingerprint density at radius 3 is 2.00 bits per heavy atom. The zero-order valence-corrected chi connectivity index (χ0v) is 23.7. The van der Waals surface area contributed by atoms with E-state index in [0.717, 1.165) is 5.56 Å². The van der Waals surface area contributed by atoms with Crippen molar-refractivity contribution in [2.45, 2.75) is 33.2 Å². The van der Waals surface area contributed by atoms with Crippen molar-refractivity contribution in [3.05, 3.63) is 69.5 Å². The van der Waals surface area contributed by atoms with Gasteiger partial charge < -0.3 is 33.7 Å². The van der Waals surface area contributed by atoms with Crippen LogP contribution in [-0.4, -0.2) is 56.0 Å². The minimum atomic E-state index is -0.828. The summed E-state index contributed by atoms with van der Waals surface area (Å²) in [5.41, 5.74) is 1.87. The van der Waals surface area contributed by atoms with Gasteiger partial charge in [-0.1, -0.05) is 6.07 Å². The van der Waals surface area contributed by atoms with Crippen LogP contribution >= 0.6 is 15.9 Å². The van der Waals surface area contributed by atoms with Gasteiger partial charge in [0.25, 0.3) is 0 Å². The van der Waals surface area contributed by atoms with Crippen LogP contribution < -0.4 is 14.2 Å². The van der Waals surface area contributed by atoms with Gasteiger partial charge in [0.05, 0.1) is 55.6 Å². The van der Waals surface area contributed by atoms with E-state index in [4.69, 9.17) is 23.7 Å². The van der Waals surface area contributed by atoms with E-state index in [2.05, 4.69) is 15.9 Å². The number of aromatic hydroxyl groups is 1. The number of ether oxygens (including phenoxy) is 5. The molecule has 0 radical (unpaired) electrons. The summed E-state index contributed by atoms with van der Waals surface area (Å²) in [6.45, 7) is 6.16. The van der Waals surface area contributed by atoms with Crippen LogP contribution in [0.4, 0.5) is 0 Å². The highest BCUT2D eigenvalue weighted by molar-refractivity contribution is 9.10. The van der Waals surface area contributed by atoms with Gasteiger partial charge in [0.2, 0.25) is 0 Å². The van der Waals surface area contributed by atoms with Gasteiger partial charge in [-0.15, -0.1) is 0 Å². The molecule has 1 aliphatic heterocycles. The van der Waals surface area contributed by atoms with Crippen LogP contribution in [0.5, 0.6) is 23.0 Å². The van der Waals surface area contributed by atoms with Gasteiger partial charge in [-0.2, -0.15) is 0 Å². The fourth-order valence-corrected chi connectivity index (χ4v) is 4.61. The number of esters is 2. The predicted octanol–water partition coefficient (Wildman–Crippen LogP) is 5.06. The second-order valence-corrected chi connectivity index (χ2v) is 9.04. The number of carbonyl (C=O) groups is 2. The summed E-state index contributed by atoms with van der Waals surface area (Å²) in [6.07, 6.45) is 3.31. The molecule has 0 aromatic heterocycles. The Morgan fingerprint density at radius 2 is 1.47 bits per heavy atom. The van der Waals surface area contributed by atoms with Crippen LogP contribution in [0.15, 0.2) is 58.4 Å². The molecule has 3 rings (SSSR count). The molecule has 1 heterocycles. The van der Waals surface area contributed by atoms with E-state index in [0.29, 0.717) is 34.7 Å². The average Bonchev–Trinajstić information content (AvgIpc) is 2.91. The van der Waals surface area contributed by atoms with E-state index < -0.39 is 17.9 Å². The number of phenolic OH excluding ortho intramolecular Hbond substituents is 1. The van der Waals surface area contributed by atoms with E-state index in [1.54, 1.807) is 70.5 Å². The topological polar surface area (TPSA) is 104 Å². The number of rotatable bonds is 11. The molecule has 2 aromatic rings. The fraction of sp³-hybridized carbons (Fsp3) is 0.357. The Bertz CT molecular complexity index is 1200. The first-order valence-corrected chi connectivity index (χ1v) is 13.0. The molecule has 1 aliphatic rings. The predicted molar refractivity (Wildman–Crippen MR) is 144 cm³/mol. The molecule has 9 nitrogen and oxygen atoms in total. The number of phenols is 1. The largest absolute Gasteiger partial charge is 0.503 e. The molecule has 2 aromatic carbocycles. The second kappa shape index (κ2) is 13.2. The van der Waals surface area contributed by atoms with Crippen molar-refractivity contribution in [1.82, 2.24) is 4.90 Å². The molecule has 0 atom stereocenters. The van der Waals surface area contributed by atoms with Crippen molar-refractivity contribution in [3.63, 3.8) is 0 Å². The van der Waals surface area contributed by atoms with Crippen molar-refractivity contribution in [2.75, 3.05) is 34.0 Å². The molecule has 0 aliphatic carbocycles. The first-order chi connectivity index (χ1) is 18.3. The maximum atomic E-state index is 13.2. The van der Waals surface area contributed by atoms with Gasteiger partial charge in [-0.05, 0) is 72.1 Å². The van der Waals surface area contributed by atoms with Crippen molar-refractivity contribution in [1.29, 1.82) is 0 Å². The minimum Gasteiger partial charge on any atom is -0.503 e. The zero-order valence-electron chi connectivity index (χ0n) is 22.1. The third-order valence-electron chi connectivity index (χ3n) is 5.75. The summed E-state index contributed by atoms with van der Waals surface area (Å²) in [5, 5.41) is 10.4. The molecule has 204 valence electrons. The Hall–Kier alpha value is -3.66. The van der Waals surface area contributed by atoms with Crippen molar-refractivity contribution in [2.24, 2.45) is 0 Å². The maximum Gasteiger partial charge on any atom is 0.336 e. The number of hydrogen-bond acceptors (Lipinski definition) is 9. The zero-order chi connectivity index (χ0) is 27.8. The first-order valence-electron chi connectivity index (χ1n) is 12.2. The van der Waals surface area contributed by atoms with Crippen LogP contribution in [-0.2, 0) is 25.6 Å². The van der Waals surface area contributed by atoms with E-state index in [-0.39, 0.29) is 35.9 Å². The first kappa shape index (κ1) is 28.9. The highest BCUT2D eigenvalue weighted by atomic mass is 79.9. The lowest BCUT2D eigenvalue weighted by Gasteiger charge is -2.31. The van der Waals surface area contributed by atoms with Gasteiger partial charge in [0, 0.05) is 18.9 Å². The second-order valence-electron chi connectivity index (χ2n) is 8.19. The van der Waals surface area contributed by atoms with Crippen LogP contribution in [0.3, 0.4) is 0 Å². The van der Waals surface area contributed by atoms with Crippen molar-refractivity contribution < 1.29 is 38.4 Å². The van der Waals surface area contributed by atoms with E-state index >= 15 is 0 Å². The lowest BCUT2D eigenvalue weighted by Crippen LogP contribution is -2.29. The van der Waals surface area contributed by atoms with Gasteiger partial charge in [0.15, 0.2) is 23.0 Å². The molecule has 0 saturated heterocycles. The van der Waals surface area contributed by atoms with E-state index in [1.165, 1.54) is 0 Å². The summed E-state index contributed by atoms with van der Waals surface area (Å²) < 4.78 is 27.4. The number of hydrogen-bond donors (Lipinski definition) is 1. The third-order valence-corrected chi connectivity index (χ3v) is 6.36. The molecule has 10 heteroatoms. The number of halogens is 1. The van der Waals surface area contributed by atoms with Gasteiger partial charge >= 0.3 is 11.9 Å². The number of nitrogens with zero attached hydrogens (tertiary/aromatic N) is 1. The molecular formula is C28H32BrNO8. The monoisotopic (exact) mass is 589 g/mol. The summed E-state index contributed by atoms with van der Waals surface area (Å²) in [5.74, 6) is -0.699. The SMILES string of the molecule is CCOC(=O)C1=CN(Cc2ccc(OC)c(OC)c2)C=C(C(=O)OCC)C1c1cc(Br)c(O)c(OCC)c1. The highest BCUT2D eigenvalue weighted by Gasteiger charge is 2.36. The molecule has 0 bridgehead atoms. The summed E-state index contributed by atoms with van der Waals surface area (Å²) in [7, 11) is 3.11. The van der Waals surface area contributed by atoms with Crippen LogP contribution in [0.25, 0.3) is 0 Å². The minimum absolute atomic E-state index is 0.0789. The van der Waals surface area contributed by atoms with Gasteiger partial charge in [-0.3, -0.25) is 0 Å². The van der Waals surface area contributed by atoms with E-state index in [9.17, 15) is 14.7 Å². The molecule has 1 N–H and O–H groups in total. The lowest BCUT2D eigenvalue weighted by molar-refractivity contribution is -0.139. The van der Waals surface area contributed by atoms with Crippen molar-refractivity contribution >= 4 is 27.9 Å². The Kier molecular flexibility index (Phi) is 10.1. The molecule has 0 spiro atoms. The van der Waals surface area contributed by atoms with Crippen molar-refractivity contribution in [3.8, 4) is 23.0 Å². The van der Waals surface area contributed by atoms with Crippen LogP contribution in [0, 0.1) is 0 Å². The fourth-order valence-electron chi connectivity index (χ4n) is 4.15. The Labute approximate surface area is 230 Å². The summed E-state index contributed by atoms with van der Waals surface area (Å²) >= 11 is 3.36. The lowest BCUT2D eigenvalue weighted by atomic mass is 9.83. The number of benzene rings is 2. The van der Waals surface area contributed by atoms with Gasteiger partial charge in [-0.25, -0.2) is 9.59 Å². The molecule has 0 unspecified atom stereocenters. The number of methoxy groups -OCH3 is 2. The van der Waals surface area contributed by atoms with Crippen LogP contribution in [0.2, 0.25) is 0 Å². The average molecular weight is 590 g/mol. The molecule has 0 amide bonds. The maximum absolute atomic E-state index is 13.2. The molecule has 38 heavy (non-hydrogen) atoms. The standard InChI is InChI=1S/C28H32BrNO8/c1-6-36-24-13-18(12-21(29)26(24)31)25-19(27(32)37-7-2)15-30(16-20(25)28(33)38-8-3)14-17-9-10-22(34-4)23(11-17)35-5/h9-13,15-16,25,31H,6-8,14H2,1-5H3.